The second-order valence-electron chi connectivity index (χ2n) is 9.06. The molecule has 1 aromatic carbocycles. The van der Waals surface area contributed by atoms with Crippen LogP contribution in [0.3, 0.4) is 0 Å². The van der Waals surface area contributed by atoms with Crippen LogP contribution in [-0.4, -0.2) is 56.0 Å². The Morgan fingerprint density at radius 3 is 2.61 bits per heavy atom. The number of nitrogens with two attached hydrogens (primary N) is 2. The minimum atomic E-state index is -4.33. The van der Waals surface area contributed by atoms with E-state index >= 15 is 0 Å². The molecule has 3 rings (SSSR count). The van der Waals surface area contributed by atoms with Crippen molar-refractivity contribution in [2.24, 2.45) is 11.7 Å². The van der Waals surface area contributed by atoms with Crippen molar-refractivity contribution in [2.45, 2.75) is 57.4 Å². The second-order valence-corrected chi connectivity index (χ2v) is 10.7. The maximum absolute atomic E-state index is 12.6. The Morgan fingerprint density at radius 2 is 2.00 bits per heavy atom. The van der Waals surface area contributed by atoms with E-state index in [0.717, 1.165) is 10.1 Å². The zero-order valence-corrected chi connectivity index (χ0v) is 21.1. The van der Waals surface area contributed by atoms with Gasteiger partial charge in [-0.2, -0.15) is 4.98 Å². The number of hydrogen-bond donors (Lipinski definition) is 5. The van der Waals surface area contributed by atoms with E-state index in [1.807, 2.05) is 6.07 Å². The number of benzene rings is 1. The van der Waals surface area contributed by atoms with Crippen molar-refractivity contribution in [3.05, 3.63) is 58.6 Å². The Hall–Kier alpha value is -2.64. The number of rotatable bonds is 10. The Morgan fingerprint density at radius 1 is 1.33 bits per heavy atom. The number of carbonyl (C=O) groups excluding carboxylic acids is 1. The van der Waals surface area contributed by atoms with Crippen molar-refractivity contribution in [3.63, 3.8) is 0 Å². The van der Waals surface area contributed by atoms with Crippen LogP contribution in [0.4, 0.5) is 5.82 Å². The first-order valence-corrected chi connectivity index (χ1v) is 12.8. The van der Waals surface area contributed by atoms with Gasteiger partial charge in [0, 0.05) is 12.7 Å². The molecule has 1 fully saturated rings. The summed E-state index contributed by atoms with van der Waals surface area (Å²) >= 11 is 0. The van der Waals surface area contributed by atoms with Crippen molar-refractivity contribution in [2.75, 3.05) is 12.3 Å². The Bertz CT molecular complexity index is 1160. The van der Waals surface area contributed by atoms with Crippen LogP contribution in [0.2, 0.25) is 0 Å². The van der Waals surface area contributed by atoms with Crippen LogP contribution in [0.5, 0.6) is 0 Å². The number of aromatic nitrogens is 2. The lowest BCUT2D eigenvalue weighted by Crippen LogP contribution is -2.51. The largest absolute Gasteiger partial charge is 0.455 e. The maximum Gasteiger partial charge on any atom is 0.403 e. The Balaban J connectivity index is 1.81. The van der Waals surface area contributed by atoms with E-state index in [1.54, 1.807) is 38.1 Å². The molecule has 14 heteroatoms. The number of nitrogens with zero attached hydrogens (tertiary/aromatic N) is 2. The highest BCUT2D eigenvalue weighted by Gasteiger charge is 2.57. The molecular formula is C22H32N5O8P. The Kier molecular flexibility index (Phi) is 8.67. The van der Waals surface area contributed by atoms with Gasteiger partial charge in [0.2, 0.25) is 0 Å². The predicted molar refractivity (Wildman–Crippen MR) is 129 cm³/mol. The quantitative estimate of drug-likeness (QED) is 0.210. The molecule has 7 N–H and O–H groups in total. The van der Waals surface area contributed by atoms with Crippen LogP contribution in [0, 0.1) is 5.92 Å². The van der Waals surface area contributed by atoms with Gasteiger partial charge in [-0.3, -0.25) is 13.9 Å². The molecule has 1 aromatic heterocycles. The van der Waals surface area contributed by atoms with Gasteiger partial charge in [0.05, 0.1) is 6.61 Å². The van der Waals surface area contributed by atoms with Crippen molar-refractivity contribution in [1.82, 2.24) is 14.6 Å². The zero-order valence-electron chi connectivity index (χ0n) is 20.2. The van der Waals surface area contributed by atoms with Crippen LogP contribution in [-0.2, 0) is 29.9 Å². The summed E-state index contributed by atoms with van der Waals surface area (Å²) in [6, 6.07) is 9.23. The van der Waals surface area contributed by atoms with Gasteiger partial charge in [0.1, 0.15) is 23.6 Å². The molecule has 2 unspecified atom stereocenters. The van der Waals surface area contributed by atoms with Crippen LogP contribution in [0.1, 0.15) is 32.6 Å². The molecule has 0 saturated carbocycles. The monoisotopic (exact) mass is 525 g/mol. The summed E-state index contributed by atoms with van der Waals surface area (Å²) in [5, 5.41) is 13.7. The zero-order chi connectivity index (χ0) is 26.7. The summed E-state index contributed by atoms with van der Waals surface area (Å²) in [6.45, 7) is 4.23. The first-order chi connectivity index (χ1) is 16.8. The molecule has 6 atom stereocenters. The average molecular weight is 525 g/mol. The third-order valence-electron chi connectivity index (χ3n) is 5.79. The molecular weight excluding hydrogens is 493 g/mol. The standard InChI is InChI=1S/C22H32N5O8P/c1-13(2)17(24)19(28)35-18-15(12-33-36(31,32)25-11-14-7-5-4-6-8-14)34-20(22(18,3)30)27-10-9-16(23)26-21(27)29/h4-10,13,15,17-18,20,30H,11-12,24H2,1-3H3,(H2,23,26,29)(H2,25,31,32)/t15?,17-,18+,20+,22+/m0/s1. The van der Waals surface area contributed by atoms with E-state index in [9.17, 15) is 24.2 Å². The van der Waals surface area contributed by atoms with E-state index in [-0.39, 0.29) is 18.3 Å². The SMILES string of the molecule is CC(C)[C@H](N)C(=O)O[C@@H]1C(COP(=O)(O)NCc2ccccc2)O[C@@H](n2ccc(N)nc2=O)[C@]1(C)O. The topological polar surface area (TPSA) is 201 Å². The molecule has 198 valence electrons. The maximum atomic E-state index is 12.6. The number of aliphatic hydroxyl groups is 1. The molecule has 1 saturated heterocycles. The average Bonchev–Trinajstić information content (AvgIpc) is 3.06. The number of nitrogen functional groups attached to an aromatic ring is 1. The second kappa shape index (κ2) is 11.2. The fourth-order valence-corrected chi connectivity index (χ4v) is 4.47. The van der Waals surface area contributed by atoms with Gasteiger partial charge in [-0.1, -0.05) is 44.2 Å². The molecule has 0 aliphatic carbocycles. The first kappa shape index (κ1) is 27.9. The lowest BCUT2D eigenvalue weighted by Gasteiger charge is -2.31. The molecule has 0 radical (unpaired) electrons. The highest BCUT2D eigenvalue weighted by molar-refractivity contribution is 7.50. The van der Waals surface area contributed by atoms with Crippen LogP contribution in [0.15, 0.2) is 47.4 Å². The molecule has 0 spiro atoms. The number of anilines is 1. The van der Waals surface area contributed by atoms with Gasteiger partial charge in [0.15, 0.2) is 12.3 Å². The van der Waals surface area contributed by atoms with Gasteiger partial charge in [0.25, 0.3) is 0 Å². The van der Waals surface area contributed by atoms with Crippen molar-refractivity contribution in [1.29, 1.82) is 0 Å². The minimum absolute atomic E-state index is 0.0367. The molecule has 2 aromatic rings. The molecule has 36 heavy (non-hydrogen) atoms. The molecule has 1 aliphatic rings. The van der Waals surface area contributed by atoms with Crippen molar-refractivity contribution < 1.29 is 33.4 Å². The van der Waals surface area contributed by atoms with Gasteiger partial charge >= 0.3 is 19.4 Å². The molecule has 13 nitrogen and oxygen atoms in total. The summed E-state index contributed by atoms with van der Waals surface area (Å²) in [6.07, 6.45) is -2.75. The lowest BCUT2D eigenvalue weighted by molar-refractivity contribution is -0.166. The number of esters is 1. The molecule has 0 amide bonds. The van der Waals surface area contributed by atoms with Crippen molar-refractivity contribution >= 4 is 19.5 Å². The smallest absolute Gasteiger partial charge is 0.403 e. The number of nitrogens with one attached hydrogen (secondary N) is 1. The third-order valence-corrected chi connectivity index (χ3v) is 6.85. The fraction of sp³-hybridized carbons (Fsp3) is 0.500. The van der Waals surface area contributed by atoms with E-state index in [2.05, 4.69) is 10.1 Å². The predicted octanol–water partition coefficient (Wildman–Crippen LogP) is 0.276. The van der Waals surface area contributed by atoms with E-state index in [1.165, 1.54) is 19.2 Å². The van der Waals surface area contributed by atoms with Gasteiger partial charge in [-0.05, 0) is 24.5 Å². The summed E-state index contributed by atoms with van der Waals surface area (Å²) in [5.41, 5.74) is 9.40. The van der Waals surface area contributed by atoms with E-state index in [0.29, 0.717) is 0 Å². The molecule has 1 aliphatic heterocycles. The number of ether oxygens (including phenoxy) is 2. The first-order valence-electron chi connectivity index (χ1n) is 11.3. The van der Waals surface area contributed by atoms with Gasteiger partial charge < -0.3 is 30.9 Å². The number of carbonyl (C=O) groups is 1. The summed E-state index contributed by atoms with van der Waals surface area (Å²) in [7, 11) is -4.33. The van der Waals surface area contributed by atoms with Crippen LogP contribution in [0.25, 0.3) is 0 Å². The number of hydrogen-bond acceptors (Lipinski definition) is 10. The van der Waals surface area contributed by atoms with E-state index < -0.39 is 56.1 Å². The van der Waals surface area contributed by atoms with Gasteiger partial charge in [-0.15, -0.1) is 0 Å². The molecule has 2 heterocycles. The van der Waals surface area contributed by atoms with Crippen molar-refractivity contribution in [3.8, 4) is 0 Å². The fourth-order valence-electron chi connectivity index (χ4n) is 3.65. The third kappa shape index (κ3) is 6.56. The van der Waals surface area contributed by atoms with E-state index in [4.69, 9.17) is 25.5 Å². The van der Waals surface area contributed by atoms with Crippen LogP contribution >= 0.6 is 7.75 Å². The summed E-state index contributed by atoms with van der Waals surface area (Å²) < 4.78 is 30.1. The highest BCUT2D eigenvalue weighted by Crippen LogP contribution is 2.43. The minimum Gasteiger partial charge on any atom is -0.455 e. The summed E-state index contributed by atoms with van der Waals surface area (Å²) in [4.78, 5) is 38.9. The summed E-state index contributed by atoms with van der Waals surface area (Å²) in [5.74, 6) is -1.12. The lowest BCUT2D eigenvalue weighted by atomic mass is 9.95. The normalized spacial score (nSPS) is 26.5. The Labute approximate surface area is 208 Å². The highest BCUT2D eigenvalue weighted by atomic mass is 31.2. The van der Waals surface area contributed by atoms with Gasteiger partial charge in [-0.25, -0.2) is 14.4 Å². The molecule has 0 bridgehead atoms. The van der Waals surface area contributed by atoms with Crippen LogP contribution < -0.4 is 22.2 Å².